The molecule has 1 atom stereocenters. The fourth-order valence-corrected chi connectivity index (χ4v) is 2.37. The molecule has 0 unspecified atom stereocenters. The van der Waals surface area contributed by atoms with Crippen LogP contribution in [0.25, 0.3) is 0 Å². The Morgan fingerprint density at radius 2 is 1.60 bits per heavy atom. The highest BCUT2D eigenvalue weighted by atomic mass is 16.6. The summed E-state index contributed by atoms with van der Waals surface area (Å²) in [6.45, 7) is 3.69. The second-order valence-electron chi connectivity index (χ2n) is 6.31. The topological polar surface area (TPSA) is 72.8 Å². The Hall–Kier alpha value is -1.36. The van der Waals surface area contributed by atoms with Crippen molar-refractivity contribution < 1.29 is 24.2 Å². The van der Waals surface area contributed by atoms with Gasteiger partial charge in [0.05, 0.1) is 6.61 Å². The smallest absolute Gasteiger partial charge is 0.306 e. The minimum Gasteiger partial charge on any atom is -0.462 e. The summed E-state index contributed by atoms with van der Waals surface area (Å²) >= 11 is 0. The third kappa shape index (κ3) is 15.9. The zero-order valence-electron chi connectivity index (χ0n) is 16.0. The quantitative estimate of drug-likeness (QED) is 0.253. The van der Waals surface area contributed by atoms with Crippen molar-refractivity contribution in [2.75, 3.05) is 13.2 Å². The fraction of sp³-hybridized carbons (Fsp3) is 0.800. The van der Waals surface area contributed by atoms with E-state index in [9.17, 15) is 14.7 Å². The van der Waals surface area contributed by atoms with Gasteiger partial charge < -0.3 is 14.6 Å². The van der Waals surface area contributed by atoms with Crippen LogP contribution in [0.3, 0.4) is 0 Å². The van der Waals surface area contributed by atoms with E-state index < -0.39 is 6.10 Å². The molecule has 1 N–H and O–H groups in total. The van der Waals surface area contributed by atoms with Crippen LogP contribution in [0.4, 0.5) is 0 Å². The van der Waals surface area contributed by atoms with Gasteiger partial charge in [0.25, 0.3) is 0 Å². The number of hydrogen-bond acceptors (Lipinski definition) is 5. The van der Waals surface area contributed by atoms with Crippen molar-refractivity contribution in [2.24, 2.45) is 0 Å². The molecule has 0 fully saturated rings. The zero-order valence-corrected chi connectivity index (χ0v) is 16.0. The van der Waals surface area contributed by atoms with Crippen molar-refractivity contribution in [1.82, 2.24) is 0 Å². The van der Waals surface area contributed by atoms with E-state index in [1.165, 1.54) is 12.8 Å². The molecule has 0 aromatic heterocycles. The van der Waals surface area contributed by atoms with Gasteiger partial charge in [-0.2, -0.15) is 0 Å². The van der Waals surface area contributed by atoms with Crippen molar-refractivity contribution in [2.45, 2.75) is 90.6 Å². The summed E-state index contributed by atoms with van der Waals surface area (Å²) in [7, 11) is 0. The van der Waals surface area contributed by atoms with Gasteiger partial charge in [-0.3, -0.25) is 9.59 Å². The van der Waals surface area contributed by atoms with Gasteiger partial charge >= 0.3 is 11.9 Å². The molecule has 25 heavy (non-hydrogen) atoms. The average Bonchev–Trinajstić information content (AvgIpc) is 2.61. The number of unbranched alkanes of at least 4 members (excludes halogenated alkanes) is 7. The van der Waals surface area contributed by atoms with Crippen molar-refractivity contribution in [3.8, 4) is 0 Å². The predicted molar refractivity (Wildman–Crippen MR) is 99.2 cm³/mol. The Balaban J connectivity index is 3.70. The molecule has 0 saturated heterocycles. The monoisotopic (exact) mass is 356 g/mol. The minimum absolute atomic E-state index is 0.0713. The van der Waals surface area contributed by atoms with Crippen molar-refractivity contribution in [3.05, 3.63) is 12.2 Å². The largest absolute Gasteiger partial charge is 0.462 e. The summed E-state index contributed by atoms with van der Waals surface area (Å²) in [6.07, 6.45) is 13.4. The van der Waals surface area contributed by atoms with Gasteiger partial charge in [-0.25, -0.2) is 0 Å². The number of carbonyl (C=O) groups excluding carboxylic acids is 2. The van der Waals surface area contributed by atoms with Crippen LogP contribution in [0.1, 0.15) is 84.5 Å². The maximum absolute atomic E-state index is 11.8. The summed E-state index contributed by atoms with van der Waals surface area (Å²) in [5, 5.41) is 9.24. The Kier molecular flexibility index (Phi) is 16.5. The van der Waals surface area contributed by atoms with E-state index in [1.807, 2.05) is 6.92 Å². The molecule has 0 aromatic rings. The molecule has 0 aliphatic carbocycles. The van der Waals surface area contributed by atoms with Crippen molar-refractivity contribution in [3.63, 3.8) is 0 Å². The van der Waals surface area contributed by atoms with Crippen molar-refractivity contribution >= 4 is 11.9 Å². The molecule has 0 saturated carbocycles. The van der Waals surface area contributed by atoms with Crippen LogP contribution < -0.4 is 0 Å². The number of ether oxygens (including phenoxy) is 2. The first-order chi connectivity index (χ1) is 12.1. The second-order valence-corrected chi connectivity index (χ2v) is 6.31. The van der Waals surface area contributed by atoms with Crippen LogP contribution in [0.2, 0.25) is 0 Å². The number of allylic oxidation sites excluding steroid dienone is 2. The van der Waals surface area contributed by atoms with Gasteiger partial charge in [-0.15, -0.1) is 0 Å². The SMILES string of the molecule is C/C=C/CCCCCCCC(=O)O[C@@H](CO)COC(=O)CCCCC. The molecule has 0 aromatic carbocycles. The zero-order chi connectivity index (χ0) is 18.8. The van der Waals surface area contributed by atoms with Crippen LogP contribution in [0, 0.1) is 0 Å². The minimum atomic E-state index is -0.761. The van der Waals surface area contributed by atoms with Gasteiger partial charge in [0.1, 0.15) is 6.61 Å². The van der Waals surface area contributed by atoms with E-state index in [4.69, 9.17) is 9.47 Å². The molecular weight excluding hydrogens is 320 g/mol. The summed E-state index contributed by atoms with van der Waals surface area (Å²) in [4.78, 5) is 23.3. The number of esters is 2. The summed E-state index contributed by atoms with van der Waals surface area (Å²) in [6, 6.07) is 0. The van der Waals surface area contributed by atoms with Crippen LogP contribution >= 0.6 is 0 Å². The molecule has 0 rings (SSSR count). The maximum Gasteiger partial charge on any atom is 0.306 e. The summed E-state index contributed by atoms with van der Waals surface area (Å²) in [5.41, 5.74) is 0. The Morgan fingerprint density at radius 3 is 2.28 bits per heavy atom. The molecule has 0 aliphatic heterocycles. The standard InChI is InChI=1S/C20H36O5/c1-3-5-7-8-9-10-11-13-15-20(23)25-18(16-21)17-24-19(22)14-12-6-4-2/h3,5,18,21H,4,6-17H2,1-2H3/b5-3+/t18-/m0/s1. The molecule has 146 valence electrons. The molecule has 0 amide bonds. The van der Waals surface area contributed by atoms with Gasteiger partial charge in [-0.1, -0.05) is 51.2 Å². The normalized spacial score (nSPS) is 12.3. The summed E-state index contributed by atoms with van der Waals surface area (Å²) in [5.74, 6) is -0.643. The van der Waals surface area contributed by atoms with E-state index in [0.717, 1.165) is 44.9 Å². The predicted octanol–water partition coefficient (Wildman–Crippen LogP) is 4.32. The number of hydrogen-bond donors (Lipinski definition) is 1. The lowest BCUT2D eigenvalue weighted by Crippen LogP contribution is -2.28. The number of carbonyl (C=O) groups is 2. The van der Waals surface area contributed by atoms with Crippen LogP contribution in [-0.4, -0.2) is 36.4 Å². The fourth-order valence-electron chi connectivity index (χ4n) is 2.37. The first-order valence-electron chi connectivity index (χ1n) is 9.71. The lowest BCUT2D eigenvalue weighted by molar-refractivity contribution is -0.161. The molecule has 5 heteroatoms. The Labute approximate surface area is 152 Å². The van der Waals surface area contributed by atoms with Gasteiger partial charge in [0.2, 0.25) is 0 Å². The first-order valence-corrected chi connectivity index (χ1v) is 9.71. The molecule has 5 nitrogen and oxygen atoms in total. The van der Waals surface area contributed by atoms with Gasteiger partial charge in [0, 0.05) is 12.8 Å². The molecule has 0 heterocycles. The molecule has 0 radical (unpaired) electrons. The highest BCUT2D eigenvalue weighted by Crippen LogP contribution is 2.09. The molecule has 0 spiro atoms. The number of rotatable bonds is 16. The van der Waals surface area contributed by atoms with Crippen LogP contribution in [0.5, 0.6) is 0 Å². The first kappa shape index (κ1) is 23.6. The van der Waals surface area contributed by atoms with Gasteiger partial charge in [0.15, 0.2) is 6.10 Å². The Bertz CT molecular complexity index is 365. The highest BCUT2D eigenvalue weighted by molar-refractivity contribution is 5.70. The van der Waals surface area contributed by atoms with E-state index in [0.29, 0.717) is 12.8 Å². The average molecular weight is 357 g/mol. The van der Waals surface area contributed by atoms with Crippen LogP contribution in [0.15, 0.2) is 12.2 Å². The summed E-state index contributed by atoms with van der Waals surface area (Å²) < 4.78 is 10.2. The van der Waals surface area contributed by atoms with Gasteiger partial charge in [-0.05, 0) is 32.6 Å². The molecule has 0 aliphatic rings. The Morgan fingerprint density at radius 1 is 0.960 bits per heavy atom. The van der Waals surface area contributed by atoms with E-state index in [2.05, 4.69) is 19.1 Å². The maximum atomic E-state index is 11.8. The van der Waals surface area contributed by atoms with E-state index in [1.54, 1.807) is 0 Å². The van der Waals surface area contributed by atoms with E-state index in [-0.39, 0.29) is 25.2 Å². The lowest BCUT2D eigenvalue weighted by atomic mass is 10.1. The number of aliphatic hydroxyl groups is 1. The third-order valence-corrected chi connectivity index (χ3v) is 3.90. The third-order valence-electron chi connectivity index (χ3n) is 3.90. The second kappa shape index (κ2) is 17.5. The van der Waals surface area contributed by atoms with E-state index >= 15 is 0 Å². The van der Waals surface area contributed by atoms with Crippen molar-refractivity contribution in [1.29, 1.82) is 0 Å². The lowest BCUT2D eigenvalue weighted by Gasteiger charge is -2.15. The number of aliphatic hydroxyl groups excluding tert-OH is 1. The van der Waals surface area contributed by atoms with Crippen LogP contribution in [-0.2, 0) is 19.1 Å². The molecule has 0 bridgehead atoms. The highest BCUT2D eigenvalue weighted by Gasteiger charge is 2.15. The molecular formula is C20H36O5.